The first-order valence-corrected chi connectivity index (χ1v) is 11.3. The predicted octanol–water partition coefficient (Wildman–Crippen LogP) is 4.86. The van der Waals surface area contributed by atoms with Crippen LogP contribution in [0.3, 0.4) is 0 Å². The molecule has 4 rings (SSSR count). The van der Waals surface area contributed by atoms with Crippen molar-refractivity contribution in [2.24, 2.45) is 10.1 Å². The quantitative estimate of drug-likeness (QED) is 0.327. The summed E-state index contributed by atoms with van der Waals surface area (Å²) in [6.45, 7) is 3.76. The Morgan fingerprint density at radius 2 is 2.06 bits per heavy atom. The molecule has 0 saturated carbocycles. The third kappa shape index (κ3) is 4.66. The number of fused-ring (bicyclic) bond motifs is 1. The summed E-state index contributed by atoms with van der Waals surface area (Å²) in [5.74, 6) is -0.139. The van der Waals surface area contributed by atoms with E-state index in [0.717, 1.165) is 0 Å². The number of nitro benzene ring substituents is 1. The summed E-state index contributed by atoms with van der Waals surface area (Å²) in [6.07, 6.45) is 1.49. The molecular formula is C22H18ClN5O5S. The number of halogens is 1. The van der Waals surface area contributed by atoms with Crippen LogP contribution in [0.15, 0.2) is 52.1 Å². The molecule has 174 valence electrons. The molecule has 0 spiro atoms. The van der Waals surface area contributed by atoms with Gasteiger partial charge in [0, 0.05) is 6.07 Å². The number of amidine groups is 2. The van der Waals surface area contributed by atoms with Crippen LogP contribution in [0.4, 0.5) is 5.69 Å². The van der Waals surface area contributed by atoms with Gasteiger partial charge in [0.15, 0.2) is 17.3 Å². The molecule has 0 atom stereocenters. The molecule has 0 bridgehead atoms. The highest BCUT2D eigenvalue weighted by Crippen LogP contribution is 2.39. The number of aliphatic imine (C=N–C) groups is 1. The number of benzene rings is 2. The summed E-state index contributed by atoms with van der Waals surface area (Å²) in [7, 11) is 0. The maximum atomic E-state index is 12.5. The standard InChI is InChI=1S/C22H18ClN5O5S/c1-3-32-18-10-13(8-15-20(24)27-22(25-21(15)29)34-12(2)26-27)9-16(23)19(18)33-11-14-6-4-5-7-17(14)28(30)31/h4-10,24H,3,11H2,1-2H3. The monoisotopic (exact) mass is 499 g/mol. The van der Waals surface area contributed by atoms with Gasteiger partial charge >= 0.3 is 0 Å². The van der Waals surface area contributed by atoms with Gasteiger partial charge in [-0.2, -0.15) is 15.1 Å². The molecule has 0 unspecified atom stereocenters. The van der Waals surface area contributed by atoms with Gasteiger partial charge in [-0.1, -0.05) is 23.7 Å². The minimum absolute atomic E-state index is 0.0508. The van der Waals surface area contributed by atoms with Crippen LogP contribution in [0, 0.1) is 15.5 Å². The van der Waals surface area contributed by atoms with Gasteiger partial charge < -0.3 is 9.47 Å². The minimum Gasteiger partial charge on any atom is -0.490 e. The molecule has 1 N–H and O–H groups in total. The number of carbonyl (C=O) groups excluding carboxylic acids is 1. The summed E-state index contributed by atoms with van der Waals surface area (Å²) < 4.78 is 11.5. The molecule has 2 aromatic rings. The molecule has 10 nitrogen and oxygen atoms in total. The second-order valence-corrected chi connectivity index (χ2v) is 8.64. The highest BCUT2D eigenvalue weighted by molar-refractivity contribution is 8.26. The molecular weight excluding hydrogens is 482 g/mol. The fraction of sp³-hybridized carbons (Fsp3) is 0.182. The molecule has 34 heavy (non-hydrogen) atoms. The van der Waals surface area contributed by atoms with E-state index < -0.39 is 10.8 Å². The van der Waals surface area contributed by atoms with E-state index in [-0.39, 0.29) is 34.5 Å². The number of hydrogen-bond donors (Lipinski definition) is 1. The van der Waals surface area contributed by atoms with E-state index in [9.17, 15) is 14.9 Å². The molecule has 12 heteroatoms. The first-order valence-electron chi connectivity index (χ1n) is 10.1. The predicted molar refractivity (Wildman–Crippen MR) is 131 cm³/mol. The number of nitro groups is 1. The average Bonchev–Trinajstić information content (AvgIpc) is 3.16. The lowest BCUT2D eigenvalue weighted by Crippen LogP contribution is -2.35. The lowest BCUT2D eigenvalue weighted by atomic mass is 10.1. The van der Waals surface area contributed by atoms with E-state index in [0.29, 0.717) is 33.7 Å². The third-order valence-corrected chi connectivity index (χ3v) is 5.86. The zero-order valence-electron chi connectivity index (χ0n) is 18.1. The lowest BCUT2D eigenvalue weighted by molar-refractivity contribution is -0.385. The van der Waals surface area contributed by atoms with Gasteiger partial charge in [-0.25, -0.2) is 0 Å². The minimum atomic E-state index is -0.556. The first-order chi connectivity index (χ1) is 16.3. The molecule has 0 radical (unpaired) electrons. The molecule has 2 aliphatic heterocycles. The van der Waals surface area contributed by atoms with E-state index in [2.05, 4.69) is 10.1 Å². The Morgan fingerprint density at radius 1 is 1.29 bits per heavy atom. The van der Waals surface area contributed by atoms with Crippen molar-refractivity contribution in [2.75, 3.05) is 6.61 Å². The van der Waals surface area contributed by atoms with Gasteiger partial charge in [0.1, 0.15) is 6.61 Å². The zero-order chi connectivity index (χ0) is 24.4. The van der Waals surface area contributed by atoms with Crippen molar-refractivity contribution in [1.29, 1.82) is 5.41 Å². The van der Waals surface area contributed by atoms with Crippen LogP contribution >= 0.6 is 23.4 Å². The Balaban J connectivity index is 1.65. The smallest absolute Gasteiger partial charge is 0.283 e. The number of nitrogens with zero attached hydrogens (tertiary/aromatic N) is 4. The second-order valence-electron chi connectivity index (χ2n) is 7.08. The Hall–Kier alpha value is -3.70. The topological polar surface area (TPSA) is 130 Å². The first kappa shape index (κ1) is 23.5. The average molecular weight is 500 g/mol. The van der Waals surface area contributed by atoms with E-state index in [1.54, 1.807) is 44.2 Å². The number of nitrogens with one attached hydrogen (secondary N) is 1. The molecule has 0 saturated heterocycles. The van der Waals surface area contributed by atoms with Crippen molar-refractivity contribution in [3.8, 4) is 11.5 Å². The van der Waals surface area contributed by atoms with Crippen LogP contribution in [0.5, 0.6) is 11.5 Å². The molecule has 2 aromatic carbocycles. The zero-order valence-corrected chi connectivity index (χ0v) is 19.6. The molecule has 0 aromatic heterocycles. The normalized spacial score (nSPS) is 16.3. The van der Waals surface area contributed by atoms with Gasteiger partial charge in [-0.3, -0.25) is 20.3 Å². The van der Waals surface area contributed by atoms with E-state index in [1.165, 1.54) is 28.9 Å². The van der Waals surface area contributed by atoms with Crippen molar-refractivity contribution in [2.45, 2.75) is 20.5 Å². The summed E-state index contributed by atoms with van der Waals surface area (Å²) in [5, 5.41) is 26.4. The van der Waals surface area contributed by atoms with Crippen LogP contribution < -0.4 is 9.47 Å². The van der Waals surface area contributed by atoms with Crippen molar-refractivity contribution < 1.29 is 19.2 Å². The summed E-state index contributed by atoms with van der Waals surface area (Å²) in [5.41, 5.74) is 0.859. The maximum Gasteiger partial charge on any atom is 0.283 e. The van der Waals surface area contributed by atoms with Crippen molar-refractivity contribution in [1.82, 2.24) is 5.01 Å². The van der Waals surface area contributed by atoms with E-state index in [4.69, 9.17) is 26.5 Å². The second kappa shape index (κ2) is 9.65. The lowest BCUT2D eigenvalue weighted by Gasteiger charge is -2.20. The van der Waals surface area contributed by atoms with E-state index in [1.807, 2.05) is 0 Å². The Labute approximate surface area is 203 Å². The van der Waals surface area contributed by atoms with Crippen molar-refractivity contribution >= 4 is 57.1 Å². The fourth-order valence-corrected chi connectivity index (χ4v) is 4.30. The third-order valence-electron chi connectivity index (χ3n) is 4.76. The van der Waals surface area contributed by atoms with Gasteiger partial charge in [-0.05, 0) is 55.4 Å². The van der Waals surface area contributed by atoms with Crippen LogP contribution in [0.25, 0.3) is 6.08 Å². The number of amides is 1. The van der Waals surface area contributed by atoms with Crippen LogP contribution in [0.1, 0.15) is 25.0 Å². The largest absolute Gasteiger partial charge is 0.490 e. The highest BCUT2D eigenvalue weighted by atomic mass is 35.5. The fourth-order valence-electron chi connectivity index (χ4n) is 3.29. The van der Waals surface area contributed by atoms with Crippen LogP contribution in [0.2, 0.25) is 5.02 Å². The van der Waals surface area contributed by atoms with Gasteiger partial charge in [0.05, 0.1) is 32.7 Å². The Morgan fingerprint density at radius 3 is 2.79 bits per heavy atom. The number of carbonyl (C=O) groups is 1. The van der Waals surface area contributed by atoms with Crippen molar-refractivity contribution in [3.63, 3.8) is 0 Å². The molecule has 2 heterocycles. The van der Waals surface area contributed by atoms with Crippen molar-refractivity contribution in [3.05, 3.63) is 68.2 Å². The molecule has 2 aliphatic rings. The molecule has 0 fully saturated rings. The number of para-hydroxylation sites is 1. The number of thioether (sulfide) groups is 1. The Bertz CT molecular complexity index is 1310. The van der Waals surface area contributed by atoms with Crippen LogP contribution in [-0.2, 0) is 11.4 Å². The number of rotatable bonds is 7. The maximum absolute atomic E-state index is 12.5. The van der Waals surface area contributed by atoms with Gasteiger partial charge in [0.2, 0.25) is 5.17 Å². The van der Waals surface area contributed by atoms with Gasteiger partial charge in [0.25, 0.3) is 11.6 Å². The summed E-state index contributed by atoms with van der Waals surface area (Å²) in [4.78, 5) is 27.3. The summed E-state index contributed by atoms with van der Waals surface area (Å²) in [6, 6.07) is 9.42. The Kier molecular flexibility index (Phi) is 6.66. The van der Waals surface area contributed by atoms with Crippen LogP contribution in [-0.4, -0.2) is 38.5 Å². The SMILES string of the molecule is CCOc1cc(C=C2C(=N)N3N=C(C)SC3=NC2=O)cc(Cl)c1OCc1ccccc1[N+](=O)[O-]. The number of ether oxygens (including phenoxy) is 2. The number of hydrogen-bond acceptors (Lipinski definition) is 8. The molecule has 1 amide bonds. The van der Waals surface area contributed by atoms with Gasteiger partial charge in [-0.15, -0.1) is 0 Å². The van der Waals surface area contributed by atoms with E-state index >= 15 is 0 Å². The highest BCUT2D eigenvalue weighted by Gasteiger charge is 2.34. The number of hydrazone groups is 1. The molecule has 0 aliphatic carbocycles. The summed E-state index contributed by atoms with van der Waals surface area (Å²) >= 11 is 7.69.